The van der Waals surface area contributed by atoms with Crippen LogP contribution in [0.3, 0.4) is 0 Å². The monoisotopic (exact) mass is 453 g/mol. The molecule has 6 heteroatoms. The first-order valence-corrected chi connectivity index (χ1v) is 11.2. The van der Waals surface area contributed by atoms with Gasteiger partial charge in [0.05, 0.1) is 29.8 Å². The Kier molecular flexibility index (Phi) is 6.87. The average molecular weight is 454 g/mol. The Morgan fingerprint density at radius 1 is 0.912 bits per heavy atom. The Hall–Kier alpha value is -4.19. The molecule has 0 aromatic heterocycles. The van der Waals surface area contributed by atoms with E-state index in [1.165, 1.54) is 6.92 Å². The molecule has 4 rings (SSSR count). The lowest BCUT2D eigenvalue weighted by Crippen LogP contribution is -2.33. The fraction of sp³-hybridized carbons (Fsp3) is 0.179. The van der Waals surface area contributed by atoms with Crippen LogP contribution in [0.5, 0.6) is 0 Å². The van der Waals surface area contributed by atoms with Crippen LogP contribution in [-0.2, 0) is 9.59 Å². The molecule has 1 heterocycles. The molecule has 0 spiro atoms. The maximum atomic E-state index is 13.1. The molecule has 3 amide bonds. The third-order valence-electron chi connectivity index (χ3n) is 5.94. The van der Waals surface area contributed by atoms with Gasteiger partial charge in [0.1, 0.15) is 0 Å². The molecule has 3 aromatic carbocycles. The molecule has 172 valence electrons. The number of rotatable bonds is 6. The Labute approximate surface area is 199 Å². The Bertz CT molecular complexity index is 1240. The minimum Gasteiger partial charge on any atom is -0.345 e. The van der Waals surface area contributed by atoms with E-state index < -0.39 is 6.04 Å². The van der Waals surface area contributed by atoms with Crippen molar-refractivity contribution in [2.24, 2.45) is 0 Å². The standard InChI is InChI=1S/C28H27N3O3/c1-19(21-10-4-3-5-11-21)29-28(34)24-14-8-9-15-25(24)30-27(33)18-26-23-13-7-6-12-22(23)16-17-31(26)20(2)32/h3-17,19,26H,18H2,1-2H3,(H,29,34)(H,30,33). The summed E-state index contributed by atoms with van der Waals surface area (Å²) in [5.41, 5.74) is 3.70. The number of nitrogens with zero attached hydrogens (tertiary/aromatic N) is 1. The van der Waals surface area contributed by atoms with Crippen molar-refractivity contribution < 1.29 is 14.4 Å². The van der Waals surface area contributed by atoms with Crippen molar-refractivity contribution in [3.8, 4) is 0 Å². The normalized spacial score (nSPS) is 15.2. The fourth-order valence-electron chi connectivity index (χ4n) is 4.18. The number of nitrogens with one attached hydrogen (secondary N) is 2. The second-order valence-corrected chi connectivity index (χ2v) is 8.29. The average Bonchev–Trinajstić information content (AvgIpc) is 2.84. The van der Waals surface area contributed by atoms with Gasteiger partial charge in [-0.2, -0.15) is 0 Å². The van der Waals surface area contributed by atoms with Gasteiger partial charge in [-0.1, -0.05) is 66.7 Å². The summed E-state index contributed by atoms with van der Waals surface area (Å²) in [6.45, 7) is 3.40. The van der Waals surface area contributed by atoms with Crippen LogP contribution in [0.2, 0.25) is 0 Å². The lowest BCUT2D eigenvalue weighted by molar-refractivity contribution is -0.129. The fourth-order valence-corrected chi connectivity index (χ4v) is 4.18. The van der Waals surface area contributed by atoms with E-state index in [0.29, 0.717) is 11.3 Å². The summed E-state index contributed by atoms with van der Waals surface area (Å²) in [6, 6.07) is 23.7. The summed E-state index contributed by atoms with van der Waals surface area (Å²) in [7, 11) is 0. The quantitative estimate of drug-likeness (QED) is 0.546. The zero-order valence-corrected chi connectivity index (χ0v) is 19.2. The van der Waals surface area contributed by atoms with Crippen molar-refractivity contribution in [1.82, 2.24) is 10.2 Å². The third-order valence-corrected chi connectivity index (χ3v) is 5.94. The van der Waals surface area contributed by atoms with Crippen LogP contribution in [0.4, 0.5) is 5.69 Å². The highest BCUT2D eigenvalue weighted by atomic mass is 16.2. The van der Waals surface area contributed by atoms with Gasteiger partial charge in [0.25, 0.3) is 5.91 Å². The molecule has 1 aliphatic rings. The molecule has 0 radical (unpaired) electrons. The van der Waals surface area contributed by atoms with Crippen molar-refractivity contribution in [3.63, 3.8) is 0 Å². The molecule has 0 fully saturated rings. The molecule has 1 aliphatic heterocycles. The molecule has 0 saturated carbocycles. The van der Waals surface area contributed by atoms with Gasteiger partial charge in [-0.25, -0.2) is 0 Å². The van der Waals surface area contributed by atoms with E-state index in [2.05, 4.69) is 10.6 Å². The number of benzene rings is 3. The van der Waals surface area contributed by atoms with E-state index in [9.17, 15) is 14.4 Å². The summed E-state index contributed by atoms with van der Waals surface area (Å²) >= 11 is 0. The first-order chi connectivity index (χ1) is 16.4. The molecular formula is C28H27N3O3. The minimum atomic E-state index is -0.419. The van der Waals surface area contributed by atoms with Crippen LogP contribution < -0.4 is 10.6 Å². The number of carbonyl (C=O) groups excluding carboxylic acids is 3. The Morgan fingerprint density at radius 3 is 2.35 bits per heavy atom. The maximum absolute atomic E-state index is 13.1. The van der Waals surface area contributed by atoms with Crippen LogP contribution in [0.15, 0.2) is 85.1 Å². The van der Waals surface area contributed by atoms with Gasteiger partial charge >= 0.3 is 0 Å². The number of hydrogen-bond acceptors (Lipinski definition) is 3. The van der Waals surface area contributed by atoms with Crippen LogP contribution in [0.25, 0.3) is 6.08 Å². The number of fused-ring (bicyclic) bond motifs is 1. The van der Waals surface area contributed by atoms with E-state index in [4.69, 9.17) is 0 Å². The van der Waals surface area contributed by atoms with E-state index in [0.717, 1.165) is 16.7 Å². The molecule has 6 nitrogen and oxygen atoms in total. The van der Waals surface area contributed by atoms with E-state index >= 15 is 0 Å². The second-order valence-electron chi connectivity index (χ2n) is 8.29. The minimum absolute atomic E-state index is 0.0668. The van der Waals surface area contributed by atoms with Crippen molar-refractivity contribution in [2.45, 2.75) is 32.4 Å². The van der Waals surface area contributed by atoms with Crippen molar-refractivity contribution >= 4 is 29.5 Å². The summed E-state index contributed by atoms with van der Waals surface area (Å²) < 4.78 is 0. The highest BCUT2D eigenvalue weighted by Gasteiger charge is 2.28. The Morgan fingerprint density at radius 2 is 1.59 bits per heavy atom. The zero-order chi connectivity index (χ0) is 24.1. The number of anilines is 1. The van der Waals surface area contributed by atoms with Crippen molar-refractivity contribution in [2.75, 3.05) is 5.32 Å². The number of para-hydroxylation sites is 1. The third kappa shape index (κ3) is 5.07. The predicted octanol–water partition coefficient (Wildman–Crippen LogP) is 5.08. The predicted molar refractivity (Wildman–Crippen MR) is 133 cm³/mol. The van der Waals surface area contributed by atoms with Gasteiger partial charge in [0, 0.05) is 13.1 Å². The van der Waals surface area contributed by atoms with Gasteiger partial charge in [-0.3, -0.25) is 14.4 Å². The summed E-state index contributed by atoms with van der Waals surface area (Å²) in [5, 5.41) is 5.87. The van der Waals surface area contributed by atoms with E-state index in [-0.39, 0.29) is 30.2 Å². The van der Waals surface area contributed by atoms with Gasteiger partial charge < -0.3 is 15.5 Å². The van der Waals surface area contributed by atoms with E-state index in [1.807, 2.05) is 67.6 Å². The Balaban J connectivity index is 1.50. The van der Waals surface area contributed by atoms with Crippen LogP contribution >= 0.6 is 0 Å². The van der Waals surface area contributed by atoms with Gasteiger partial charge in [-0.15, -0.1) is 0 Å². The molecule has 34 heavy (non-hydrogen) atoms. The van der Waals surface area contributed by atoms with Gasteiger partial charge in [0.15, 0.2) is 0 Å². The van der Waals surface area contributed by atoms with Crippen LogP contribution in [0.1, 0.15) is 59.4 Å². The maximum Gasteiger partial charge on any atom is 0.253 e. The van der Waals surface area contributed by atoms with Crippen LogP contribution in [-0.4, -0.2) is 22.6 Å². The molecule has 2 atom stereocenters. The first kappa shape index (κ1) is 23.0. The highest BCUT2D eigenvalue weighted by molar-refractivity contribution is 6.04. The topological polar surface area (TPSA) is 78.5 Å². The smallest absolute Gasteiger partial charge is 0.253 e. The molecule has 3 aromatic rings. The molecule has 0 saturated heterocycles. The van der Waals surface area contributed by atoms with Crippen molar-refractivity contribution in [3.05, 3.63) is 107 Å². The first-order valence-electron chi connectivity index (χ1n) is 11.2. The summed E-state index contributed by atoms with van der Waals surface area (Å²) in [5.74, 6) is -0.695. The summed E-state index contributed by atoms with van der Waals surface area (Å²) in [4.78, 5) is 39.9. The molecule has 0 aliphatic carbocycles. The van der Waals surface area contributed by atoms with Gasteiger partial charge in [0.2, 0.25) is 11.8 Å². The molecule has 2 N–H and O–H groups in total. The number of hydrogen-bond donors (Lipinski definition) is 2. The van der Waals surface area contributed by atoms with Gasteiger partial charge in [-0.05, 0) is 41.8 Å². The van der Waals surface area contributed by atoms with E-state index in [1.54, 1.807) is 35.4 Å². The summed E-state index contributed by atoms with van der Waals surface area (Å²) in [6.07, 6.45) is 3.66. The largest absolute Gasteiger partial charge is 0.345 e. The number of carbonyl (C=O) groups is 3. The van der Waals surface area contributed by atoms with Crippen molar-refractivity contribution in [1.29, 1.82) is 0 Å². The van der Waals surface area contributed by atoms with Crippen LogP contribution in [0, 0.1) is 0 Å². The number of amides is 3. The SMILES string of the molecule is CC(=O)N1C=Cc2ccccc2C1CC(=O)Nc1ccccc1C(=O)NC(C)c1ccccc1. The second kappa shape index (κ2) is 10.2. The molecular weight excluding hydrogens is 426 g/mol. The molecule has 2 unspecified atom stereocenters. The lowest BCUT2D eigenvalue weighted by atomic mass is 9.93. The zero-order valence-electron chi connectivity index (χ0n) is 19.2. The lowest BCUT2D eigenvalue weighted by Gasteiger charge is -2.32. The molecule has 0 bridgehead atoms. The highest BCUT2D eigenvalue weighted by Crippen LogP contribution is 2.33.